The zero-order valence-electron chi connectivity index (χ0n) is 29.4. The Balaban J connectivity index is 1.04. The van der Waals surface area contributed by atoms with Crippen LogP contribution in [-0.4, -0.2) is 45.0 Å². The van der Waals surface area contributed by atoms with E-state index in [0.29, 0.717) is 47.9 Å². The minimum absolute atomic E-state index is 0.213. The molecule has 5 aromatic rings. The zero-order valence-corrected chi connectivity index (χ0v) is 29.4. The van der Waals surface area contributed by atoms with Gasteiger partial charge in [-0.05, 0) is 119 Å². The Kier molecular flexibility index (Phi) is 9.37. The average molecular weight is 689 g/mol. The largest absolute Gasteiger partial charge is 0.362 e. The van der Waals surface area contributed by atoms with Crippen molar-refractivity contribution in [2.75, 3.05) is 18.4 Å². The standard InChI is InChI=1S/C41H42F2N6O2/c1-24-32(6-5-7-35(24)42)25(2)45-39-33-21-37(44-22-34(33)26(3)47-48-39)29-10-13-36(43)30(20-29)23-49-18-15-28(16-19-49)27-8-11-31(12-9-27)41(4)17-14-38(50)46-40(41)51/h5-13,20-22,25,28H,14-19,23H2,1-4H3,(H,45,48)(H,46,50,51)/t25-,41-/m1/s1. The van der Waals surface area contributed by atoms with Gasteiger partial charge in [0, 0.05) is 41.1 Å². The van der Waals surface area contributed by atoms with Gasteiger partial charge in [0.05, 0.1) is 22.8 Å². The second kappa shape index (κ2) is 13.9. The molecule has 51 heavy (non-hydrogen) atoms. The summed E-state index contributed by atoms with van der Waals surface area (Å²) in [5, 5.41) is 16.4. The van der Waals surface area contributed by atoms with E-state index in [-0.39, 0.29) is 29.5 Å². The lowest BCUT2D eigenvalue weighted by molar-refractivity contribution is -0.137. The van der Waals surface area contributed by atoms with Gasteiger partial charge in [-0.3, -0.25) is 24.8 Å². The fraction of sp³-hybridized carbons (Fsp3) is 0.341. The Morgan fingerprint density at radius 3 is 2.47 bits per heavy atom. The molecule has 0 radical (unpaired) electrons. The van der Waals surface area contributed by atoms with E-state index >= 15 is 4.39 Å². The number of halogens is 2. The number of piperidine rings is 2. The molecule has 2 fully saturated rings. The van der Waals surface area contributed by atoms with E-state index < -0.39 is 5.41 Å². The minimum atomic E-state index is -0.703. The molecule has 0 saturated carbocycles. The van der Waals surface area contributed by atoms with E-state index in [2.05, 4.69) is 37.9 Å². The Morgan fingerprint density at radius 2 is 1.73 bits per heavy atom. The quantitative estimate of drug-likeness (QED) is 0.160. The maximum absolute atomic E-state index is 15.2. The zero-order chi connectivity index (χ0) is 35.9. The van der Waals surface area contributed by atoms with Gasteiger partial charge in [-0.15, -0.1) is 5.10 Å². The second-order valence-electron chi connectivity index (χ2n) is 14.3. The number of hydrogen-bond donors (Lipinski definition) is 2. The number of hydrogen-bond acceptors (Lipinski definition) is 7. The van der Waals surface area contributed by atoms with E-state index in [4.69, 9.17) is 4.98 Å². The van der Waals surface area contributed by atoms with Crippen LogP contribution >= 0.6 is 0 Å². The predicted octanol–water partition coefficient (Wildman–Crippen LogP) is 7.83. The van der Waals surface area contributed by atoms with Crippen molar-refractivity contribution in [1.29, 1.82) is 0 Å². The Labute approximate surface area is 296 Å². The summed E-state index contributed by atoms with van der Waals surface area (Å²) < 4.78 is 29.5. The molecule has 2 aliphatic heterocycles. The van der Waals surface area contributed by atoms with Gasteiger partial charge in [0.15, 0.2) is 5.82 Å². The number of rotatable bonds is 8. The first-order valence-corrected chi connectivity index (χ1v) is 17.6. The van der Waals surface area contributed by atoms with E-state index in [0.717, 1.165) is 59.1 Å². The van der Waals surface area contributed by atoms with Crippen LogP contribution in [0.2, 0.25) is 0 Å². The van der Waals surface area contributed by atoms with Gasteiger partial charge in [-0.1, -0.05) is 36.4 Å². The summed E-state index contributed by atoms with van der Waals surface area (Å²) in [6.07, 6.45) is 4.53. The highest BCUT2D eigenvalue weighted by Crippen LogP contribution is 2.36. The monoisotopic (exact) mass is 688 g/mol. The number of nitrogens with one attached hydrogen (secondary N) is 2. The highest BCUT2D eigenvalue weighted by molar-refractivity contribution is 6.03. The Morgan fingerprint density at radius 1 is 0.961 bits per heavy atom. The Bertz CT molecular complexity index is 2130. The van der Waals surface area contributed by atoms with Gasteiger partial charge in [-0.25, -0.2) is 8.78 Å². The van der Waals surface area contributed by atoms with Crippen molar-refractivity contribution < 1.29 is 18.4 Å². The molecular formula is C41H42F2N6O2. The number of aryl methyl sites for hydroxylation is 1. The first kappa shape index (κ1) is 34.4. The van der Waals surface area contributed by atoms with Gasteiger partial charge in [-0.2, -0.15) is 5.10 Å². The number of benzene rings is 3. The number of nitrogens with zero attached hydrogens (tertiary/aromatic N) is 4. The van der Waals surface area contributed by atoms with Gasteiger partial charge >= 0.3 is 0 Å². The summed E-state index contributed by atoms with van der Waals surface area (Å²) >= 11 is 0. The van der Waals surface area contributed by atoms with Gasteiger partial charge in [0.25, 0.3) is 0 Å². The third-order valence-electron chi connectivity index (χ3n) is 10.9. The molecule has 262 valence electrons. The van der Waals surface area contributed by atoms with Crippen LogP contribution in [0.5, 0.6) is 0 Å². The summed E-state index contributed by atoms with van der Waals surface area (Å²) in [6.45, 7) is 9.68. The van der Waals surface area contributed by atoms with E-state index in [1.54, 1.807) is 25.3 Å². The molecule has 0 unspecified atom stereocenters. The van der Waals surface area contributed by atoms with Crippen LogP contribution in [0.15, 0.2) is 72.9 Å². The van der Waals surface area contributed by atoms with Crippen molar-refractivity contribution in [3.8, 4) is 11.3 Å². The molecule has 10 heteroatoms. The molecule has 0 aliphatic carbocycles. The van der Waals surface area contributed by atoms with Crippen molar-refractivity contribution in [1.82, 2.24) is 25.4 Å². The molecule has 3 aromatic carbocycles. The third-order valence-corrected chi connectivity index (χ3v) is 10.9. The summed E-state index contributed by atoms with van der Waals surface area (Å²) in [6, 6.07) is 20.2. The molecule has 2 aromatic heterocycles. The number of carbonyl (C=O) groups is 2. The fourth-order valence-electron chi connectivity index (χ4n) is 7.54. The second-order valence-corrected chi connectivity index (χ2v) is 14.3. The molecule has 2 atom stereocenters. The number of anilines is 1. The number of fused-ring (bicyclic) bond motifs is 1. The number of likely N-dealkylation sites (tertiary alicyclic amines) is 1. The molecule has 7 rings (SSSR count). The summed E-state index contributed by atoms with van der Waals surface area (Å²) in [5.41, 5.74) is 5.74. The average Bonchev–Trinajstić information content (AvgIpc) is 3.13. The molecule has 8 nitrogen and oxygen atoms in total. The normalized spacial score (nSPS) is 19.3. The fourth-order valence-corrected chi connectivity index (χ4v) is 7.54. The van der Waals surface area contributed by atoms with E-state index in [1.807, 2.05) is 51.1 Å². The summed E-state index contributed by atoms with van der Waals surface area (Å²) in [4.78, 5) is 31.3. The number of imide groups is 1. The van der Waals surface area contributed by atoms with Gasteiger partial charge in [0.2, 0.25) is 11.8 Å². The number of carbonyl (C=O) groups excluding carboxylic acids is 2. The van der Waals surface area contributed by atoms with Crippen LogP contribution in [0.3, 0.4) is 0 Å². The SMILES string of the molecule is Cc1c(F)cccc1[C@@H](C)Nc1nnc(C)c2cnc(-c3ccc(F)c(CN4CCC(c5ccc([C@@]6(C)CCC(=O)NC6=O)cc5)CC4)c3)cc12. The third kappa shape index (κ3) is 6.85. The maximum Gasteiger partial charge on any atom is 0.236 e. The molecule has 2 saturated heterocycles. The summed E-state index contributed by atoms with van der Waals surface area (Å²) in [7, 11) is 0. The highest BCUT2D eigenvalue weighted by Gasteiger charge is 2.40. The highest BCUT2D eigenvalue weighted by atomic mass is 19.1. The number of aromatic nitrogens is 3. The van der Waals surface area contributed by atoms with Crippen molar-refractivity contribution in [3.63, 3.8) is 0 Å². The van der Waals surface area contributed by atoms with E-state index in [1.165, 1.54) is 17.7 Å². The van der Waals surface area contributed by atoms with Crippen molar-refractivity contribution in [2.45, 2.75) is 77.3 Å². The van der Waals surface area contributed by atoms with Crippen molar-refractivity contribution >= 4 is 28.4 Å². The van der Waals surface area contributed by atoms with Crippen LogP contribution in [0.4, 0.5) is 14.6 Å². The topological polar surface area (TPSA) is 100 Å². The lowest BCUT2D eigenvalue weighted by Gasteiger charge is -2.34. The Hall–Kier alpha value is -5.09. The predicted molar refractivity (Wildman–Crippen MR) is 194 cm³/mol. The van der Waals surface area contributed by atoms with Crippen LogP contribution in [-0.2, 0) is 21.5 Å². The smallest absolute Gasteiger partial charge is 0.236 e. The van der Waals surface area contributed by atoms with Gasteiger partial charge in [0.1, 0.15) is 11.6 Å². The molecule has 2 amide bonds. The molecule has 4 heterocycles. The van der Waals surface area contributed by atoms with Crippen molar-refractivity contribution in [3.05, 3.63) is 118 Å². The van der Waals surface area contributed by atoms with Crippen LogP contribution in [0.1, 0.15) is 85.0 Å². The molecule has 2 N–H and O–H groups in total. The van der Waals surface area contributed by atoms with E-state index in [9.17, 15) is 14.0 Å². The lowest BCUT2D eigenvalue weighted by atomic mass is 9.75. The minimum Gasteiger partial charge on any atom is -0.362 e. The molecular weight excluding hydrogens is 646 g/mol. The van der Waals surface area contributed by atoms with Crippen LogP contribution < -0.4 is 10.6 Å². The molecule has 0 bridgehead atoms. The van der Waals surface area contributed by atoms with Crippen molar-refractivity contribution in [2.24, 2.45) is 0 Å². The first-order chi connectivity index (χ1) is 24.5. The maximum atomic E-state index is 15.2. The summed E-state index contributed by atoms with van der Waals surface area (Å²) in [5.74, 6) is 0.000229. The van der Waals surface area contributed by atoms with Crippen LogP contribution in [0, 0.1) is 25.5 Å². The number of pyridine rings is 1. The molecule has 2 aliphatic rings. The number of amides is 2. The molecule has 0 spiro atoms. The first-order valence-electron chi connectivity index (χ1n) is 17.6. The lowest BCUT2D eigenvalue weighted by Crippen LogP contribution is -2.49. The van der Waals surface area contributed by atoms with Gasteiger partial charge < -0.3 is 5.32 Å². The van der Waals surface area contributed by atoms with Crippen LogP contribution in [0.25, 0.3) is 22.0 Å².